The van der Waals surface area contributed by atoms with Crippen molar-refractivity contribution >= 4 is 28.9 Å². The van der Waals surface area contributed by atoms with Gasteiger partial charge in [-0.1, -0.05) is 36.0 Å². The highest BCUT2D eigenvalue weighted by molar-refractivity contribution is 6.33. The summed E-state index contributed by atoms with van der Waals surface area (Å²) in [5.41, 5.74) is 0.962. The summed E-state index contributed by atoms with van der Waals surface area (Å²) in [6.45, 7) is 0.849. The minimum absolute atomic E-state index is 0.207. The molecule has 100 valence electrons. The summed E-state index contributed by atoms with van der Waals surface area (Å²) in [5.74, 6) is 0. The Labute approximate surface area is 118 Å². The second-order valence-corrected chi connectivity index (χ2v) is 5.80. The van der Waals surface area contributed by atoms with E-state index in [2.05, 4.69) is 34.5 Å². The van der Waals surface area contributed by atoms with Crippen LogP contribution in [0.15, 0.2) is 6.07 Å². The van der Waals surface area contributed by atoms with Gasteiger partial charge in [0, 0.05) is 18.2 Å². The number of anilines is 1. The number of nitrogens with zero attached hydrogens (tertiary/aromatic N) is 3. The fraction of sp³-hybridized carbons (Fsp3) is 0.667. The van der Waals surface area contributed by atoms with Crippen molar-refractivity contribution < 1.29 is 0 Å². The number of aromatic nitrogens is 2. The lowest BCUT2D eigenvalue weighted by molar-refractivity contribution is 0.172. The molecule has 0 unspecified atom stereocenters. The Morgan fingerprint density at radius 2 is 1.94 bits per heavy atom. The first-order valence-corrected chi connectivity index (χ1v) is 6.89. The maximum Gasteiger partial charge on any atom is 0.174 e. The molecule has 1 fully saturated rings. The van der Waals surface area contributed by atoms with E-state index in [0.29, 0.717) is 10.3 Å². The van der Waals surface area contributed by atoms with Gasteiger partial charge in [0.1, 0.15) is 0 Å². The summed E-state index contributed by atoms with van der Waals surface area (Å²) >= 11 is 11.8. The number of rotatable bonds is 4. The summed E-state index contributed by atoms with van der Waals surface area (Å²) < 4.78 is 0. The van der Waals surface area contributed by atoms with Gasteiger partial charge in [-0.15, -0.1) is 10.2 Å². The largest absolute Gasteiger partial charge is 0.381 e. The third-order valence-electron chi connectivity index (χ3n) is 3.81. The van der Waals surface area contributed by atoms with Crippen LogP contribution in [0.1, 0.15) is 25.7 Å². The van der Waals surface area contributed by atoms with Gasteiger partial charge in [0.2, 0.25) is 0 Å². The highest BCUT2D eigenvalue weighted by atomic mass is 35.5. The summed E-state index contributed by atoms with van der Waals surface area (Å²) in [6, 6.07) is 1.72. The second kappa shape index (κ2) is 5.59. The third kappa shape index (κ3) is 2.87. The van der Waals surface area contributed by atoms with Crippen LogP contribution in [-0.2, 0) is 0 Å². The fourth-order valence-corrected chi connectivity index (χ4v) is 2.86. The average Bonchev–Trinajstić information content (AvgIpc) is 2.80. The van der Waals surface area contributed by atoms with Gasteiger partial charge in [-0.05, 0) is 26.9 Å². The molecule has 0 saturated heterocycles. The van der Waals surface area contributed by atoms with Crippen LogP contribution in [0.4, 0.5) is 5.69 Å². The van der Waals surface area contributed by atoms with E-state index in [-0.39, 0.29) is 5.54 Å². The van der Waals surface area contributed by atoms with Gasteiger partial charge in [0.25, 0.3) is 0 Å². The van der Waals surface area contributed by atoms with Crippen LogP contribution in [0.3, 0.4) is 0 Å². The Balaban J connectivity index is 2.08. The predicted octanol–water partition coefficient (Wildman–Crippen LogP) is 3.07. The number of hydrogen-bond acceptors (Lipinski definition) is 4. The minimum atomic E-state index is 0.207. The zero-order valence-electron chi connectivity index (χ0n) is 10.7. The van der Waals surface area contributed by atoms with Crippen molar-refractivity contribution in [1.82, 2.24) is 15.1 Å². The van der Waals surface area contributed by atoms with Crippen molar-refractivity contribution in [3.8, 4) is 0 Å². The summed E-state index contributed by atoms with van der Waals surface area (Å²) in [6.07, 6.45) is 4.97. The molecule has 4 nitrogen and oxygen atoms in total. The number of nitrogens with one attached hydrogen (secondary N) is 1. The molecule has 0 aromatic carbocycles. The molecule has 1 aliphatic rings. The quantitative estimate of drug-likeness (QED) is 0.925. The van der Waals surface area contributed by atoms with Crippen molar-refractivity contribution in [1.29, 1.82) is 0 Å². The van der Waals surface area contributed by atoms with Crippen LogP contribution >= 0.6 is 23.2 Å². The van der Waals surface area contributed by atoms with Crippen molar-refractivity contribution in [3.63, 3.8) is 0 Å². The van der Waals surface area contributed by atoms with E-state index < -0.39 is 0 Å². The van der Waals surface area contributed by atoms with E-state index in [1.807, 2.05) is 0 Å². The zero-order chi connectivity index (χ0) is 13.2. The summed E-state index contributed by atoms with van der Waals surface area (Å²) in [4.78, 5) is 2.30. The van der Waals surface area contributed by atoms with Crippen molar-refractivity contribution in [3.05, 3.63) is 16.4 Å². The van der Waals surface area contributed by atoms with Crippen LogP contribution in [0, 0.1) is 0 Å². The Hall–Kier alpha value is -0.580. The molecule has 0 amide bonds. The lowest BCUT2D eigenvalue weighted by atomic mass is 9.96. The monoisotopic (exact) mass is 288 g/mol. The Bertz CT molecular complexity index is 417. The average molecular weight is 289 g/mol. The van der Waals surface area contributed by atoms with Crippen LogP contribution in [0.5, 0.6) is 0 Å². The lowest BCUT2D eigenvalue weighted by Gasteiger charge is -2.36. The zero-order valence-corrected chi connectivity index (χ0v) is 12.2. The smallest absolute Gasteiger partial charge is 0.174 e. The number of halogens is 2. The Kier molecular flexibility index (Phi) is 4.30. The molecule has 1 aromatic heterocycles. The Morgan fingerprint density at radius 1 is 1.28 bits per heavy atom. The molecule has 2 rings (SSSR count). The van der Waals surface area contributed by atoms with Gasteiger partial charge in [-0.3, -0.25) is 0 Å². The van der Waals surface area contributed by atoms with E-state index in [1.165, 1.54) is 25.7 Å². The maximum absolute atomic E-state index is 6.00. The molecule has 0 radical (unpaired) electrons. The van der Waals surface area contributed by atoms with Crippen LogP contribution in [0.2, 0.25) is 10.3 Å². The molecule has 1 aromatic rings. The van der Waals surface area contributed by atoms with Crippen LogP contribution < -0.4 is 5.32 Å². The first-order chi connectivity index (χ1) is 8.53. The van der Waals surface area contributed by atoms with Gasteiger partial charge < -0.3 is 10.2 Å². The Morgan fingerprint density at radius 3 is 2.56 bits per heavy atom. The van der Waals surface area contributed by atoms with Crippen LogP contribution in [0.25, 0.3) is 0 Å². The van der Waals surface area contributed by atoms with Gasteiger partial charge in [-0.25, -0.2) is 0 Å². The van der Waals surface area contributed by atoms with Gasteiger partial charge in [-0.2, -0.15) is 0 Å². The van der Waals surface area contributed by atoms with Gasteiger partial charge in [0.05, 0.1) is 5.69 Å². The minimum Gasteiger partial charge on any atom is -0.381 e. The molecule has 0 atom stereocenters. The lowest BCUT2D eigenvalue weighted by Crippen LogP contribution is -2.47. The van der Waals surface area contributed by atoms with Crippen molar-refractivity contribution in [2.75, 3.05) is 26.0 Å². The van der Waals surface area contributed by atoms with Gasteiger partial charge in [0.15, 0.2) is 10.3 Å². The number of likely N-dealkylation sites (N-methyl/N-ethyl adjacent to an activating group) is 1. The normalized spacial score (nSPS) is 18.3. The van der Waals surface area contributed by atoms with Crippen molar-refractivity contribution in [2.24, 2.45) is 0 Å². The molecule has 18 heavy (non-hydrogen) atoms. The van der Waals surface area contributed by atoms with Crippen LogP contribution in [-0.4, -0.2) is 41.3 Å². The standard InChI is InChI=1S/C12H18Cl2N4/c1-18(2)12(5-3-4-6-12)8-15-9-7-10(13)16-17-11(9)14/h7H,3-6,8H2,1-2H3,(H,15,16). The van der Waals surface area contributed by atoms with Gasteiger partial charge >= 0.3 is 0 Å². The first-order valence-electron chi connectivity index (χ1n) is 6.13. The number of hydrogen-bond donors (Lipinski definition) is 1. The summed E-state index contributed by atoms with van der Waals surface area (Å²) in [7, 11) is 4.26. The molecule has 1 aliphatic carbocycles. The summed E-state index contributed by atoms with van der Waals surface area (Å²) in [5, 5.41) is 11.6. The topological polar surface area (TPSA) is 41.0 Å². The highest BCUT2D eigenvalue weighted by Crippen LogP contribution is 2.34. The molecule has 0 aliphatic heterocycles. The van der Waals surface area contributed by atoms with E-state index in [4.69, 9.17) is 23.2 Å². The molecule has 1 heterocycles. The van der Waals surface area contributed by atoms with E-state index >= 15 is 0 Å². The predicted molar refractivity (Wildman–Crippen MR) is 75.4 cm³/mol. The molecule has 1 N–H and O–H groups in total. The molecular weight excluding hydrogens is 271 g/mol. The molecule has 0 spiro atoms. The third-order valence-corrected chi connectivity index (χ3v) is 4.27. The molecule has 6 heteroatoms. The van der Waals surface area contributed by atoms with E-state index in [0.717, 1.165) is 12.2 Å². The molecule has 0 bridgehead atoms. The van der Waals surface area contributed by atoms with E-state index in [1.54, 1.807) is 6.07 Å². The molecule has 1 saturated carbocycles. The molecular formula is C12H18Cl2N4. The second-order valence-electron chi connectivity index (χ2n) is 5.05. The van der Waals surface area contributed by atoms with E-state index in [9.17, 15) is 0 Å². The highest BCUT2D eigenvalue weighted by Gasteiger charge is 2.35. The maximum atomic E-state index is 6.00. The first kappa shape index (κ1) is 13.8. The SMILES string of the molecule is CN(C)C1(CNc2cc(Cl)nnc2Cl)CCCC1. The fourth-order valence-electron chi connectivity index (χ4n) is 2.55. The van der Waals surface area contributed by atoms with Crippen molar-refractivity contribution in [2.45, 2.75) is 31.2 Å².